The van der Waals surface area contributed by atoms with E-state index in [0.717, 1.165) is 0 Å². The Hall–Kier alpha value is -1.10. The molecule has 1 unspecified atom stereocenters. The van der Waals surface area contributed by atoms with Crippen molar-refractivity contribution in [1.82, 2.24) is 10.6 Å². The van der Waals surface area contributed by atoms with Gasteiger partial charge in [-0.1, -0.05) is 13.8 Å². The van der Waals surface area contributed by atoms with Crippen molar-refractivity contribution in [1.29, 1.82) is 0 Å². The summed E-state index contributed by atoms with van der Waals surface area (Å²) in [7, 11) is 0. The van der Waals surface area contributed by atoms with Crippen LogP contribution in [0.2, 0.25) is 0 Å². The van der Waals surface area contributed by atoms with Crippen molar-refractivity contribution in [3.05, 3.63) is 0 Å². The lowest BCUT2D eigenvalue weighted by Crippen LogP contribution is -2.41. The number of aliphatic carboxylic acids is 1. The van der Waals surface area contributed by atoms with E-state index in [2.05, 4.69) is 10.6 Å². The molecule has 1 rings (SSSR count). The third-order valence-electron chi connectivity index (χ3n) is 2.91. The number of carbonyl (C=O) groups excluding carboxylic acids is 1. The minimum Gasteiger partial charge on any atom is -0.481 e. The lowest BCUT2D eigenvalue weighted by atomic mass is 10.0. The summed E-state index contributed by atoms with van der Waals surface area (Å²) in [5.74, 6) is -0.815. The summed E-state index contributed by atoms with van der Waals surface area (Å²) in [6.07, 6.45) is 2.81. The summed E-state index contributed by atoms with van der Waals surface area (Å²) in [5.41, 5.74) is 0. The van der Waals surface area contributed by atoms with Crippen LogP contribution in [0.25, 0.3) is 0 Å². The van der Waals surface area contributed by atoms with Gasteiger partial charge < -0.3 is 15.7 Å². The van der Waals surface area contributed by atoms with Gasteiger partial charge in [0.25, 0.3) is 0 Å². The van der Waals surface area contributed by atoms with Crippen LogP contribution in [0.5, 0.6) is 0 Å². The molecule has 0 aromatic heterocycles. The van der Waals surface area contributed by atoms with E-state index in [0.29, 0.717) is 19.0 Å². The van der Waals surface area contributed by atoms with Crippen LogP contribution in [0.3, 0.4) is 0 Å². The smallest absolute Gasteiger partial charge is 0.305 e. The first-order valence-electron chi connectivity index (χ1n) is 6.23. The summed E-state index contributed by atoms with van der Waals surface area (Å²) in [6, 6.07) is 0.323. The SMILES string of the molecule is CC(C)C(CC(=O)O)NC(=O)CCNC1CC1. The van der Waals surface area contributed by atoms with E-state index in [-0.39, 0.29) is 24.3 Å². The average molecular weight is 242 g/mol. The predicted octanol–water partition coefficient (Wildman–Crippen LogP) is 0.744. The van der Waals surface area contributed by atoms with E-state index in [9.17, 15) is 9.59 Å². The fourth-order valence-electron chi connectivity index (χ4n) is 1.60. The Balaban J connectivity index is 2.21. The molecule has 0 spiro atoms. The number of amides is 1. The van der Waals surface area contributed by atoms with Crippen LogP contribution in [0, 0.1) is 5.92 Å². The molecule has 1 atom stereocenters. The molecule has 0 saturated heterocycles. The van der Waals surface area contributed by atoms with Gasteiger partial charge in [0.05, 0.1) is 6.42 Å². The van der Waals surface area contributed by atoms with E-state index < -0.39 is 5.97 Å². The lowest BCUT2D eigenvalue weighted by Gasteiger charge is -2.20. The zero-order valence-electron chi connectivity index (χ0n) is 10.5. The van der Waals surface area contributed by atoms with Gasteiger partial charge in [-0.3, -0.25) is 9.59 Å². The van der Waals surface area contributed by atoms with Gasteiger partial charge in [-0.05, 0) is 18.8 Å². The highest BCUT2D eigenvalue weighted by molar-refractivity contribution is 5.77. The Morgan fingerprint density at radius 3 is 2.47 bits per heavy atom. The molecule has 0 aromatic carbocycles. The summed E-state index contributed by atoms with van der Waals surface area (Å²) < 4.78 is 0. The molecule has 3 N–H and O–H groups in total. The molecule has 0 bridgehead atoms. The van der Waals surface area contributed by atoms with Crippen LogP contribution < -0.4 is 10.6 Å². The van der Waals surface area contributed by atoms with Gasteiger partial charge in [0.2, 0.25) is 5.91 Å². The topological polar surface area (TPSA) is 78.4 Å². The molecule has 98 valence electrons. The quantitative estimate of drug-likeness (QED) is 0.586. The van der Waals surface area contributed by atoms with Gasteiger partial charge in [-0.15, -0.1) is 0 Å². The Morgan fingerprint density at radius 2 is 2.00 bits per heavy atom. The number of carbonyl (C=O) groups is 2. The van der Waals surface area contributed by atoms with E-state index in [4.69, 9.17) is 5.11 Å². The maximum Gasteiger partial charge on any atom is 0.305 e. The van der Waals surface area contributed by atoms with Crippen LogP contribution in [0.4, 0.5) is 0 Å². The number of hydrogen-bond acceptors (Lipinski definition) is 3. The van der Waals surface area contributed by atoms with Crippen molar-refractivity contribution < 1.29 is 14.7 Å². The third kappa shape index (κ3) is 6.26. The Morgan fingerprint density at radius 1 is 1.35 bits per heavy atom. The Labute approximate surface area is 102 Å². The van der Waals surface area contributed by atoms with Crippen LogP contribution in [0.15, 0.2) is 0 Å². The number of carboxylic acids is 1. The van der Waals surface area contributed by atoms with Crippen molar-refractivity contribution in [2.45, 2.75) is 51.6 Å². The maximum absolute atomic E-state index is 11.6. The van der Waals surface area contributed by atoms with E-state index >= 15 is 0 Å². The fourth-order valence-corrected chi connectivity index (χ4v) is 1.60. The van der Waals surface area contributed by atoms with Crippen molar-refractivity contribution in [2.75, 3.05) is 6.54 Å². The fraction of sp³-hybridized carbons (Fsp3) is 0.833. The number of nitrogens with one attached hydrogen (secondary N) is 2. The zero-order valence-corrected chi connectivity index (χ0v) is 10.5. The van der Waals surface area contributed by atoms with Crippen molar-refractivity contribution in [2.24, 2.45) is 5.92 Å². The minimum atomic E-state index is -0.875. The Kier molecular flexibility index (Phi) is 5.41. The lowest BCUT2D eigenvalue weighted by molar-refractivity contribution is -0.138. The second-order valence-corrected chi connectivity index (χ2v) is 4.99. The van der Waals surface area contributed by atoms with Gasteiger partial charge >= 0.3 is 5.97 Å². The first-order chi connectivity index (χ1) is 7.99. The molecule has 1 fully saturated rings. The molecular weight excluding hydrogens is 220 g/mol. The second kappa shape index (κ2) is 6.59. The van der Waals surface area contributed by atoms with Crippen LogP contribution in [-0.4, -0.2) is 35.6 Å². The van der Waals surface area contributed by atoms with E-state index in [1.54, 1.807) is 0 Å². The molecule has 1 amide bonds. The molecule has 5 heteroatoms. The number of carboxylic acid groups (broad SMARTS) is 1. The molecule has 0 aliphatic heterocycles. The van der Waals surface area contributed by atoms with Gasteiger partial charge in [-0.25, -0.2) is 0 Å². The number of rotatable bonds is 8. The van der Waals surface area contributed by atoms with Crippen molar-refractivity contribution in [3.8, 4) is 0 Å². The van der Waals surface area contributed by atoms with Crippen LogP contribution in [-0.2, 0) is 9.59 Å². The summed E-state index contributed by atoms with van der Waals surface area (Å²) in [4.78, 5) is 22.2. The highest BCUT2D eigenvalue weighted by Gasteiger charge is 2.21. The minimum absolute atomic E-state index is 0.0144. The molecule has 1 saturated carbocycles. The maximum atomic E-state index is 11.6. The zero-order chi connectivity index (χ0) is 12.8. The average Bonchev–Trinajstić information content (AvgIpc) is 2.99. The molecule has 0 aromatic rings. The largest absolute Gasteiger partial charge is 0.481 e. The molecule has 17 heavy (non-hydrogen) atoms. The van der Waals surface area contributed by atoms with Gasteiger partial charge in [0.1, 0.15) is 0 Å². The molecule has 5 nitrogen and oxygen atoms in total. The molecule has 1 aliphatic rings. The molecule has 1 aliphatic carbocycles. The summed E-state index contributed by atoms with van der Waals surface area (Å²) >= 11 is 0. The normalized spacial score (nSPS) is 16.9. The monoisotopic (exact) mass is 242 g/mol. The molecule has 0 radical (unpaired) electrons. The second-order valence-electron chi connectivity index (χ2n) is 4.99. The van der Waals surface area contributed by atoms with Gasteiger partial charge in [-0.2, -0.15) is 0 Å². The summed E-state index contributed by atoms with van der Waals surface area (Å²) in [5, 5.41) is 14.8. The van der Waals surface area contributed by atoms with E-state index in [1.165, 1.54) is 12.8 Å². The standard InChI is InChI=1S/C12H22N2O3/c1-8(2)10(7-12(16)17)14-11(15)5-6-13-9-3-4-9/h8-10,13H,3-7H2,1-2H3,(H,14,15)(H,16,17). The van der Waals surface area contributed by atoms with Crippen molar-refractivity contribution >= 4 is 11.9 Å². The first kappa shape index (κ1) is 14.0. The predicted molar refractivity (Wildman–Crippen MR) is 64.7 cm³/mol. The Bertz CT molecular complexity index is 275. The van der Waals surface area contributed by atoms with Gasteiger partial charge in [0.15, 0.2) is 0 Å². The van der Waals surface area contributed by atoms with Crippen LogP contribution >= 0.6 is 0 Å². The highest BCUT2D eigenvalue weighted by Crippen LogP contribution is 2.18. The first-order valence-corrected chi connectivity index (χ1v) is 6.23. The van der Waals surface area contributed by atoms with Gasteiger partial charge in [0, 0.05) is 25.0 Å². The molecular formula is C12H22N2O3. The van der Waals surface area contributed by atoms with Crippen LogP contribution in [0.1, 0.15) is 39.5 Å². The number of hydrogen-bond donors (Lipinski definition) is 3. The molecule has 0 heterocycles. The van der Waals surface area contributed by atoms with Crippen molar-refractivity contribution in [3.63, 3.8) is 0 Å². The third-order valence-corrected chi connectivity index (χ3v) is 2.91. The van der Waals surface area contributed by atoms with E-state index in [1.807, 2.05) is 13.8 Å². The summed E-state index contributed by atoms with van der Waals surface area (Å²) in [6.45, 7) is 4.50. The highest BCUT2D eigenvalue weighted by atomic mass is 16.4.